The number of aromatic nitrogens is 2. The van der Waals surface area contributed by atoms with Gasteiger partial charge in [-0.3, -0.25) is 4.79 Å². The van der Waals surface area contributed by atoms with Gasteiger partial charge < -0.3 is 19.7 Å². The fourth-order valence-electron chi connectivity index (χ4n) is 2.25. The molecule has 1 N–H and O–H groups in total. The first-order valence-electron chi connectivity index (χ1n) is 7.75. The molecule has 0 saturated carbocycles. The van der Waals surface area contributed by atoms with Crippen LogP contribution in [0.5, 0.6) is 11.5 Å². The van der Waals surface area contributed by atoms with Gasteiger partial charge in [-0.25, -0.2) is 0 Å². The van der Waals surface area contributed by atoms with Crippen LogP contribution in [-0.2, 0) is 0 Å². The van der Waals surface area contributed by atoms with Gasteiger partial charge in [-0.1, -0.05) is 0 Å². The van der Waals surface area contributed by atoms with Crippen molar-refractivity contribution in [2.24, 2.45) is 0 Å². The summed E-state index contributed by atoms with van der Waals surface area (Å²) in [5.74, 6) is 1.68. The fraction of sp³-hybridized carbons (Fsp3) is 0.353. The van der Waals surface area contributed by atoms with Gasteiger partial charge in [0.15, 0.2) is 23.0 Å². The second kappa shape index (κ2) is 8.14. The van der Waals surface area contributed by atoms with Crippen LogP contribution in [0.4, 0.5) is 11.5 Å². The lowest BCUT2D eigenvalue weighted by atomic mass is 10.2. The molecule has 0 aliphatic carbocycles. The van der Waals surface area contributed by atoms with Crippen LogP contribution in [0.2, 0.25) is 0 Å². The molecule has 0 unspecified atom stereocenters. The number of hydrogen-bond donors (Lipinski definition) is 1. The number of ether oxygens (including phenoxy) is 2. The first-order valence-corrected chi connectivity index (χ1v) is 7.75. The number of rotatable bonds is 7. The Labute approximate surface area is 141 Å². The molecule has 1 aromatic heterocycles. The molecule has 7 nitrogen and oxygen atoms in total. The van der Waals surface area contributed by atoms with Gasteiger partial charge in [0.1, 0.15) is 0 Å². The van der Waals surface area contributed by atoms with Crippen molar-refractivity contribution in [2.45, 2.75) is 13.8 Å². The minimum Gasteiger partial charge on any atom is -0.493 e. The van der Waals surface area contributed by atoms with Crippen LogP contribution in [0.1, 0.15) is 24.3 Å². The molecule has 0 atom stereocenters. The number of carbonyl (C=O) groups is 1. The van der Waals surface area contributed by atoms with Crippen LogP contribution >= 0.6 is 0 Å². The molecule has 0 bridgehead atoms. The number of nitrogens with one attached hydrogen (secondary N) is 1. The van der Waals surface area contributed by atoms with E-state index in [0.717, 1.165) is 5.69 Å². The van der Waals surface area contributed by atoms with Crippen molar-refractivity contribution in [3.05, 3.63) is 36.0 Å². The largest absolute Gasteiger partial charge is 0.493 e. The molecule has 1 heterocycles. The maximum atomic E-state index is 12.2. The predicted molar refractivity (Wildman–Crippen MR) is 92.1 cm³/mol. The Hall–Kier alpha value is -2.83. The Balaban J connectivity index is 2.13. The van der Waals surface area contributed by atoms with Gasteiger partial charge in [0.25, 0.3) is 5.91 Å². The second-order valence-electron chi connectivity index (χ2n) is 4.98. The first-order chi connectivity index (χ1) is 11.6. The van der Waals surface area contributed by atoms with E-state index in [2.05, 4.69) is 15.5 Å². The lowest BCUT2D eigenvalue weighted by molar-refractivity contribution is 0.0766. The molecular formula is C17H22N4O3. The Morgan fingerprint density at radius 2 is 1.75 bits per heavy atom. The van der Waals surface area contributed by atoms with Crippen molar-refractivity contribution < 1.29 is 14.3 Å². The van der Waals surface area contributed by atoms with Gasteiger partial charge in [0.2, 0.25) is 0 Å². The number of nitrogens with zero attached hydrogens (tertiary/aromatic N) is 3. The monoisotopic (exact) mass is 330 g/mol. The Kier molecular flexibility index (Phi) is 5.95. The van der Waals surface area contributed by atoms with Crippen molar-refractivity contribution in [1.82, 2.24) is 15.1 Å². The topological polar surface area (TPSA) is 76.6 Å². The molecule has 128 valence electrons. The SMILES string of the molecule is CCN(CC)C(=O)c1ccc(Nc2ccc(OC)c(OC)c2)nn1. The summed E-state index contributed by atoms with van der Waals surface area (Å²) in [5.41, 5.74) is 1.11. The zero-order valence-electron chi connectivity index (χ0n) is 14.4. The van der Waals surface area contributed by atoms with Crippen molar-refractivity contribution in [3.8, 4) is 11.5 Å². The summed E-state index contributed by atoms with van der Waals surface area (Å²) in [7, 11) is 3.16. The van der Waals surface area contributed by atoms with E-state index in [0.29, 0.717) is 36.1 Å². The van der Waals surface area contributed by atoms with Gasteiger partial charge in [-0.15, -0.1) is 10.2 Å². The standard InChI is InChI=1S/C17H22N4O3/c1-5-21(6-2)17(22)13-8-10-16(20-19-13)18-12-7-9-14(23-3)15(11-12)24-4/h7-11H,5-6H2,1-4H3,(H,18,20). The molecule has 24 heavy (non-hydrogen) atoms. The zero-order valence-corrected chi connectivity index (χ0v) is 14.4. The second-order valence-corrected chi connectivity index (χ2v) is 4.98. The molecule has 1 aromatic carbocycles. The molecule has 0 aliphatic rings. The highest BCUT2D eigenvalue weighted by Gasteiger charge is 2.14. The van der Waals surface area contributed by atoms with E-state index in [4.69, 9.17) is 9.47 Å². The smallest absolute Gasteiger partial charge is 0.274 e. The van der Waals surface area contributed by atoms with Crippen molar-refractivity contribution in [3.63, 3.8) is 0 Å². The Bertz CT molecular complexity index is 685. The summed E-state index contributed by atoms with van der Waals surface area (Å²) >= 11 is 0. The first kappa shape index (κ1) is 17.5. The Morgan fingerprint density at radius 3 is 2.29 bits per heavy atom. The number of anilines is 2. The summed E-state index contributed by atoms with van der Waals surface area (Å²) in [4.78, 5) is 13.9. The maximum Gasteiger partial charge on any atom is 0.274 e. The minimum atomic E-state index is -0.120. The van der Waals surface area contributed by atoms with Crippen LogP contribution in [0.25, 0.3) is 0 Å². The third kappa shape index (κ3) is 3.92. The van der Waals surface area contributed by atoms with Crippen LogP contribution in [0.15, 0.2) is 30.3 Å². The summed E-state index contributed by atoms with van der Waals surface area (Å²) in [6, 6.07) is 8.83. The van der Waals surface area contributed by atoms with E-state index in [1.54, 1.807) is 43.4 Å². The molecule has 1 amide bonds. The predicted octanol–water partition coefficient (Wildman–Crippen LogP) is 2.72. The van der Waals surface area contributed by atoms with Gasteiger partial charge in [0, 0.05) is 24.8 Å². The highest BCUT2D eigenvalue weighted by Crippen LogP contribution is 2.30. The quantitative estimate of drug-likeness (QED) is 0.841. The number of methoxy groups -OCH3 is 2. The van der Waals surface area contributed by atoms with Crippen LogP contribution in [0, 0.1) is 0 Å². The number of carbonyl (C=O) groups excluding carboxylic acids is 1. The average Bonchev–Trinajstić information content (AvgIpc) is 2.63. The summed E-state index contributed by atoms with van der Waals surface area (Å²) in [6.07, 6.45) is 0. The maximum absolute atomic E-state index is 12.2. The number of benzene rings is 1. The third-order valence-electron chi connectivity index (χ3n) is 3.59. The lowest BCUT2D eigenvalue weighted by Crippen LogP contribution is -2.31. The van der Waals surface area contributed by atoms with Crippen molar-refractivity contribution in [2.75, 3.05) is 32.6 Å². The van der Waals surface area contributed by atoms with E-state index >= 15 is 0 Å². The molecule has 0 saturated heterocycles. The van der Waals surface area contributed by atoms with Crippen LogP contribution < -0.4 is 14.8 Å². The highest BCUT2D eigenvalue weighted by molar-refractivity contribution is 5.92. The van der Waals surface area contributed by atoms with Crippen molar-refractivity contribution >= 4 is 17.4 Å². The fourth-order valence-corrected chi connectivity index (χ4v) is 2.25. The van der Waals surface area contributed by atoms with Crippen LogP contribution in [0.3, 0.4) is 0 Å². The highest BCUT2D eigenvalue weighted by atomic mass is 16.5. The van der Waals surface area contributed by atoms with Gasteiger partial charge in [-0.2, -0.15) is 0 Å². The van der Waals surface area contributed by atoms with E-state index in [1.165, 1.54) is 0 Å². The molecule has 0 fully saturated rings. The Morgan fingerprint density at radius 1 is 1.04 bits per heavy atom. The van der Waals surface area contributed by atoms with E-state index in [1.807, 2.05) is 19.9 Å². The molecular weight excluding hydrogens is 308 g/mol. The zero-order chi connectivity index (χ0) is 17.5. The normalized spacial score (nSPS) is 10.2. The summed E-state index contributed by atoms with van der Waals surface area (Å²) < 4.78 is 10.5. The van der Waals surface area contributed by atoms with E-state index < -0.39 is 0 Å². The molecule has 2 aromatic rings. The van der Waals surface area contributed by atoms with Gasteiger partial charge in [-0.05, 0) is 38.1 Å². The lowest BCUT2D eigenvalue weighted by Gasteiger charge is -2.17. The molecule has 2 rings (SSSR count). The van der Waals surface area contributed by atoms with Crippen LogP contribution in [-0.4, -0.2) is 48.3 Å². The number of hydrogen-bond acceptors (Lipinski definition) is 6. The third-order valence-corrected chi connectivity index (χ3v) is 3.59. The molecule has 0 spiro atoms. The number of amides is 1. The van der Waals surface area contributed by atoms with E-state index in [-0.39, 0.29) is 5.91 Å². The van der Waals surface area contributed by atoms with E-state index in [9.17, 15) is 4.79 Å². The summed E-state index contributed by atoms with van der Waals surface area (Å²) in [6.45, 7) is 5.15. The van der Waals surface area contributed by atoms with Crippen molar-refractivity contribution in [1.29, 1.82) is 0 Å². The van der Waals surface area contributed by atoms with Gasteiger partial charge >= 0.3 is 0 Å². The minimum absolute atomic E-state index is 0.120. The average molecular weight is 330 g/mol. The molecule has 0 radical (unpaired) electrons. The van der Waals surface area contributed by atoms with Gasteiger partial charge in [0.05, 0.1) is 14.2 Å². The molecule has 0 aliphatic heterocycles. The summed E-state index contributed by atoms with van der Waals surface area (Å²) in [5, 5.41) is 11.2. The molecule has 7 heteroatoms.